The molecule has 0 radical (unpaired) electrons. The average Bonchev–Trinajstić information content (AvgIpc) is 3.52. The van der Waals surface area contributed by atoms with Crippen LogP contribution in [0.4, 0.5) is 22.0 Å². The van der Waals surface area contributed by atoms with Crippen LogP contribution in [-0.4, -0.2) is 34.0 Å². The summed E-state index contributed by atoms with van der Waals surface area (Å²) in [6.07, 6.45) is -4.43. The van der Waals surface area contributed by atoms with Gasteiger partial charge in [-0.05, 0) is 79.4 Å². The summed E-state index contributed by atoms with van der Waals surface area (Å²) in [7, 11) is 0. The smallest absolute Gasteiger partial charge is 0.349 e. The van der Waals surface area contributed by atoms with Crippen LogP contribution in [0.15, 0.2) is 72.8 Å². The molecule has 0 saturated carbocycles. The van der Waals surface area contributed by atoms with Crippen LogP contribution in [0, 0.1) is 32.4 Å². The molecule has 8 rings (SSSR count). The van der Waals surface area contributed by atoms with E-state index < -0.39 is 17.6 Å². The number of halogens is 5. The number of fused-ring (bicyclic) bond motifs is 6. The molecule has 2 aromatic heterocycles. The summed E-state index contributed by atoms with van der Waals surface area (Å²) in [5.74, 6) is -1.10. The number of nitrogens with one attached hydrogen (secondary N) is 2. The maximum atomic E-state index is 14.2. The van der Waals surface area contributed by atoms with Crippen molar-refractivity contribution in [1.29, 1.82) is 0 Å². The highest BCUT2D eigenvalue weighted by atomic mass is 19.4. The van der Waals surface area contributed by atoms with Gasteiger partial charge >= 0.3 is 6.18 Å². The molecule has 11 heteroatoms. The highest BCUT2D eigenvalue weighted by molar-refractivity contribution is 6.07. The maximum Gasteiger partial charge on any atom is 0.416 e. The zero-order chi connectivity index (χ0) is 34.8. The molecule has 2 N–H and O–H groups in total. The lowest BCUT2D eigenvalue weighted by atomic mass is 10.00. The van der Waals surface area contributed by atoms with E-state index in [0.717, 1.165) is 45.3 Å². The molecule has 0 bridgehead atoms. The van der Waals surface area contributed by atoms with E-state index in [4.69, 9.17) is 0 Å². The van der Waals surface area contributed by atoms with E-state index in [1.807, 2.05) is 47.2 Å². The average molecular weight is 671 g/mol. The third-order valence-corrected chi connectivity index (χ3v) is 9.31. The number of hydrogen-bond donors (Lipinski definition) is 2. The lowest BCUT2D eigenvalue weighted by molar-refractivity contribution is -0.137. The fourth-order valence-corrected chi connectivity index (χ4v) is 7.01. The van der Waals surface area contributed by atoms with Crippen molar-refractivity contribution in [2.24, 2.45) is 0 Å². The second kappa shape index (κ2) is 11.9. The first-order valence-corrected chi connectivity index (χ1v) is 15.8. The van der Waals surface area contributed by atoms with Gasteiger partial charge in [0.05, 0.1) is 16.6 Å². The SMILES string of the molecule is Cc1c2n(c3c(-c4ccc(C(F)(F)F)cc4)cc(F)cc13)CCNC2=O.Cc1ccc(-c2cc(F)cc3c(C)c4n(c23)CCNC4=O)cc1. The first kappa shape index (κ1) is 32.1. The van der Waals surface area contributed by atoms with Crippen LogP contribution in [0.25, 0.3) is 44.1 Å². The molecule has 49 heavy (non-hydrogen) atoms. The van der Waals surface area contributed by atoms with Crippen molar-refractivity contribution in [3.8, 4) is 22.3 Å². The largest absolute Gasteiger partial charge is 0.416 e. The number of aryl methyl sites for hydroxylation is 3. The quantitative estimate of drug-likeness (QED) is 0.182. The molecule has 0 spiro atoms. The second-order valence-corrected chi connectivity index (χ2v) is 12.4. The van der Waals surface area contributed by atoms with Crippen molar-refractivity contribution in [2.45, 2.75) is 40.0 Å². The molecular weight excluding hydrogens is 639 g/mol. The lowest BCUT2D eigenvalue weighted by Gasteiger charge is -2.18. The molecule has 6 aromatic rings. The summed E-state index contributed by atoms with van der Waals surface area (Å²) < 4.78 is 70.6. The molecule has 250 valence electrons. The van der Waals surface area contributed by atoms with Crippen LogP contribution in [0.2, 0.25) is 0 Å². The minimum Gasteiger partial charge on any atom is -0.349 e. The Hall–Kier alpha value is -5.45. The number of hydrogen-bond acceptors (Lipinski definition) is 2. The van der Waals surface area contributed by atoms with Crippen LogP contribution in [0.1, 0.15) is 43.2 Å². The summed E-state index contributed by atoms with van der Waals surface area (Å²) in [6, 6.07) is 18.4. The first-order chi connectivity index (χ1) is 23.3. The molecule has 0 saturated heterocycles. The van der Waals surface area contributed by atoms with Gasteiger partial charge in [0.25, 0.3) is 11.8 Å². The van der Waals surface area contributed by atoms with Gasteiger partial charge in [0.1, 0.15) is 23.0 Å². The summed E-state index contributed by atoms with van der Waals surface area (Å²) in [5, 5.41) is 7.03. The van der Waals surface area contributed by atoms with Crippen molar-refractivity contribution in [1.82, 2.24) is 19.8 Å². The molecule has 4 heterocycles. The summed E-state index contributed by atoms with van der Waals surface area (Å²) in [5.41, 5.74) is 7.34. The van der Waals surface area contributed by atoms with Crippen LogP contribution < -0.4 is 10.6 Å². The van der Waals surface area contributed by atoms with E-state index >= 15 is 0 Å². The number of benzene rings is 4. The molecule has 2 aliphatic heterocycles. The van der Waals surface area contributed by atoms with E-state index in [0.29, 0.717) is 65.2 Å². The van der Waals surface area contributed by atoms with Crippen molar-refractivity contribution >= 4 is 33.6 Å². The van der Waals surface area contributed by atoms with Crippen molar-refractivity contribution in [2.75, 3.05) is 13.1 Å². The van der Waals surface area contributed by atoms with E-state index in [9.17, 15) is 31.5 Å². The van der Waals surface area contributed by atoms with Gasteiger partial charge < -0.3 is 19.8 Å². The predicted molar refractivity (Wildman–Crippen MR) is 179 cm³/mol. The van der Waals surface area contributed by atoms with Gasteiger partial charge in [0.15, 0.2) is 0 Å². The maximum absolute atomic E-state index is 14.2. The number of carbonyl (C=O) groups excluding carboxylic acids is 2. The van der Waals surface area contributed by atoms with Crippen LogP contribution in [-0.2, 0) is 19.3 Å². The minimum absolute atomic E-state index is 0.0831. The Bertz CT molecular complexity index is 2300. The Balaban J connectivity index is 0.000000155. The van der Waals surface area contributed by atoms with Gasteiger partial charge in [-0.3, -0.25) is 9.59 Å². The summed E-state index contributed by atoms with van der Waals surface area (Å²) >= 11 is 0. The Morgan fingerprint density at radius 1 is 0.612 bits per heavy atom. The van der Waals surface area contributed by atoms with Crippen LogP contribution >= 0.6 is 0 Å². The Kier molecular flexibility index (Phi) is 7.80. The van der Waals surface area contributed by atoms with Crippen LogP contribution in [0.3, 0.4) is 0 Å². The van der Waals surface area contributed by atoms with Gasteiger partial charge in [-0.2, -0.15) is 13.2 Å². The van der Waals surface area contributed by atoms with Crippen molar-refractivity contribution < 1.29 is 31.5 Å². The first-order valence-electron chi connectivity index (χ1n) is 15.8. The third-order valence-electron chi connectivity index (χ3n) is 9.31. The predicted octanol–water partition coefficient (Wildman–Crippen LogP) is 8.33. The van der Waals surface area contributed by atoms with E-state index in [1.165, 1.54) is 30.3 Å². The molecular formula is C38H31F5N4O2. The third kappa shape index (κ3) is 5.52. The Morgan fingerprint density at radius 2 is 1.02 bits per heavy atom. The van der Waals surface area contributed by atoms with Crippen molar-refractivity contribution in [3.63, 3.8) is 0 Å². The lowest BCUT2D eigenvalue weighted by Crippen LogP contribution is -2.35. The van der Waals surface area contributed by atoms with Gasteiger partial charge in [0.2, 0.25) is 0 Å². The molecule has 4 aromatic carbocycles. The Morgan fingerprint density at radius 3 is 1.43 bits per heavy atom. The normalized spacial score (nSPS) is 14.2. The number of carbonyl (C=O) groups is 2. The molecule has 2 amide bonds. The van der Waals surface area contributed by atoms with Gasteiger partial charge in [-0.25, -0.2) is 8.78 Å². The van der Waals surface area contributed by atoms with Gasteiger partial charge in [0, 0.05) is 48.1 Å². The molecule has 6 nitrogen and oxygen atoms in total. The zero-order valence-electron chi connectivity index (χ0n) is 26.9. The highest BCUT2D eigenvalue weighted by Crippen LogP contribution is 2.38. The fourth-order valence-electron chi connectivity index (χ4n) is 7.01. The number of alkyl halides is 3. The number of amides is 2. The number of nitrogens with zero attached hydrogens (tertiary/aromatic N) is 2. The molecule has 0 unspecified atom stereocenters. The highest BCUT2D eigenvalue weighted by Gasteiger charge is 2.31. The molecule has 2 aliphatic rings. The second-order valence-electron chi connectivity index (χ2n) is 12.4. The number of aromatic nitrogens is 2. The monoisotopic (exact) mass is 670 g/mol. The van der Waals surface area contributed by atoms with E-state index in [1.54, 1.807) is 13.0 Å². The standard InChI is InChI=1S/C19H14F4N2O.C19H17FN2O/c1-10-14-8-13(20)9-15(11-2-4-12(5-3-11)19(21,22)23)17(14)25-7-6-24-18(26)16(10)25;1-11-3-5-13(6-4-11)16-10-14(20)9-15-12(2)17-19(23)21-7-8-22(17)18(15)16/h2-5,8-9H,6-7H2,1H3,(H,24,26);3-6,9-10H,7-8H2,1-2H3,(H,21,23). The van der Waals surface area contributed by atoms with E-state index in [2.05, 4.69) is 10.6 Å². The minimum atomic E-state index is -4.43. The van der Waals surface area contributed by atoms with E-state index in [-0.39, 0.29) is 17.6 Å². The van der Waals surface area contributed by atoms with Crippen molar-refractivity contribution in [3.05, 3.63) is 118 Å². The molecule has 0 atom stereocenters. The number of rotatable bonds is 2. The fraction of sp³-hybridized carbons (Fsp3) is 0.211. The van der Waals surface area contributed by atoms with Gasteiger partial charge in [-0.15, -0.1) is 0 Å². The van der Waals surface area contributed by atoms with Gasteiger partial charge in [-0.1, -0.05) is 42.0 Å². The molecule has 0 fully saturated rings. The topological polar surface area (TPSA) is 68.1 Å². The zero-order valence-corrected chi connectivity index (χ0v) is 26.9. The summed E-state index contributed by atoms with van der Waals surface area (Å²) in [4.78, 5) is 24.4. The van der Waals surface area contributed by atoms with Crippen LogP contribution in [0.5, 0.6) is 0 Å². The molecule has 0 aliphatic carbocycles. The summed E-state index contributed by atoms with van der Waals surface area (Å²) in [6.45, 7) is 7.92. The Labute approximate surface area is 278 Å².